The predicted molar refractivity (Wildman–Crippen MR) is 90.4 cm³/mol. The molecule has 23 heavy (non-hydrogen) atoms. The van der Waals surface area contributed by atoms with Gasteiger partial charge in [0, 0.05) is 0 Å². The number of benzene rings is 2. The number of hydrogen-bond acceptors (Lipinski definition) is 3. The Hall–Kier alpha value is -2.07. The lowest BCUT2D eigenvalue weighted by atomic mass is 9.94. The van der Waals surface area contributed by atoms with Gasteiger partial charge in [0.1, 0.15) is 0 Å². The van der Waals surface area contributed by atoms with Crippen LogP contribution in [0.3, 0.4) is 0 Å². The number of rotatable bonds is 4. The summed E-state index contributed by atoms with van der Waals surface area (Å²) in [6.07, 6.45) is 0. The van der Waals surface area contributed by atoms with Crippen LogP contribution in [0.25, 0.3) is 16.7 Å². The Kier molecular flexibility index (Phi) is 4.66. The van der Waals surface area contributed by atoms with E-state index in [2.05, 4.69) is 11.1 Å². The molecule has 0 amide bonds. The van der Waals surface area contributed by atoms with E-state index < -0.39 is 7.82 Å². The average Bonchev–Trinajstić information content (AvgIpc) is 2.46. The second kappa shape index (κ2) is 6.20. The van der Waals surface area contributed by atoms with Gasteiger partial charge in [0.25, 0.3) is 0 Å². The summed E-state index contributed by atoms with van der Waals surface area (Å²) < 4.78 is 15.6. The van der Waals surface area contributed by atoms with E-state index in [0.717, 1.165) is 27.8 Å². The zero-order valence-electron chi connectivity index (χ0n) is 13.2. The van der Waals surface area contributed by atoms with Gasteiger partial charge >= 0.3 is 7.82 Å². The first-order valence-electron chi connectivity index (χ1n) is 6.95. The Morgan fingerprint density at radius 2 is 1.70 bits per heavy atom. The minimum absolute atomic E-state index is 0.196. The van der Waals surface area contributed by atoms with E-state index in [0.29, 0.717) is 5.56 Å². The fraction of sp³-hybridized carbons (Fsp3) is 0.176. The largest absolute Gasteiger partial charge is 0.524 e. The van der Waals surface area contributed by atoms with Crippen molar-refractivity contribution in [1.82, 2.24) is 0 Å². The molecular weight excluding hydrogens is 315 g/mol. The molecule has 0 radical (unpaired) electrons. The zero-order chi connectivity index (χ0) is 17.4. The normalized spacial score (nSPS) is 11.3. The molecule has 2 aromatic rings. The van der Waals surface area contributed by atoms with Gasteiger partial charge < -0.3 is 9.63 Å². The van der Waals surface area contributed by atoms with Crippen LogP contribution < -0.4 is 4.52 Å². The van der Waals surface area contributed by atoms with E-state index in [1.54, 1.807) is 6.92 Å². The van der Waals surface area contributed by atoms with Crippen LogP contribution in [0, 0.1) is 13.8 Å². The summed E-state index contributed by atoms with van der Waals surface area (Å²) >= 11 is 0. The lowest BCUT2D eigenvalue weighted by molar-refractivity contribution is 0.277. The fourth-order valence-corrected chi connectivity index (χ4v) is 2.81. The number of aromatic hydroxyl groups is 1. The molecule has 0 saturated carbocycles. The molecule has 0 unspecified atom stereocenters. The third-order valence-corrected chi connectivity index (χ3v) is 4.14. The van der Waals surface area contributed by atoms with Gasteiger partial charge in [-0.15, -0.1) is 0 Å². The first-order chi connectivity index (χ1) is 10.6. The number of phenols is 1. The molecular formula is C17H19O5P. The molecule has 0 aliphatic carbocycles. The molecule has 0 atom stereocenters. The fourth-order valence-electron chi connectivity index (χ4n) is 2.34. The Morgan fingerprint density at radius 3 is 2.17 bits per heavy atom. The number of phosphoric ester groups is 1. The summed E-state index contributed by atoms with van der Waals surface area (Å²) in [7, 11) is -4.74. The molecule has 122 valence electrons. The molecule has 0 aliphatic heterocycles. The van der Waals surface area contributed by atoms with Gasteiger partial charge in [-0.25, -0.2) is 4.57 Å². The van der Waals surface area contributed by atoms with Crippen molar-refractivity contribution in [3.63, 3.8) is 0 Å². The molecule has 6 heteroatoms. The Labute approximate surface area is 135 Å². The van der Waals surface area contributed by atoms with E-state index >= 15 is 0 Å². The van der Waals surface area contributed by atoms with E-state index in [1.807, 2.05) is 38.1 Å². The van der Waals surface area contributed by atoms with Gasteiger partial charge in [-0.1, -0.05) is 36.4 Å². The van der Waals surface area contributed by atoms with Crippen molar-refractivity contribution >= 4 is 13.4 Å². The summed E-state index contributed by atoms with van der Waals surface area (Å²) in [6, 6.07) is 9.14. The average molecular weight is 334 g/mol. The number of phenolic OH excluding ortho intramolecular Hbond substituents is 1. The molecule has 2 aromatic carbocycles. The summed E-state index contributed by atoms with van der Waals surface area (Å²) in [4.78, 5) is 17.9. The highest BCUT2D eigenvalue weighted by Crippen LogP contribution is 2.46. The molecule has 0 fully saturated rings. The van der Waals surface area contributed by atoms with E-state index in [9.17, 15) is 9.67 Å². The van der Waals surface area contributed by atoms with Crippen molar-refractivity contribution in [2.45, 2.75) is 20.8 Å². The number of hydrogen-bond donors (Lipinski definition) is 3. The predicted octanol–water partition coefficient (Wildman–Crippen LogP) is 4.18. The topological polar surface area (TPSA) is 87.0 Å². The van der Waals surface area contributed by atoms with Gasteiger partial charge in [-0.3, -0.25) is 9.79 Å². The highest BCUT2D eigenvalue weighted by molar-refractivity contribution is 7.46. The molecule has 0 saturated heterocycles. The van der Waals surface area contributed by atoms with Crippen LogP contribution >= 0.6 is 7.82 Å². The van der Waals surface area contributed by atoms with E-state index in [-0.39, 0.29) is 11.5 Å². The van der Waals surface area contributed by atoms with Crippen LogP contribution in [-0.4, -0.2) is 14.9 Å². The van der Waals surface area contributed by atoms with Crippen molar-refractivity contribution < 1.29 is 24.0 Å². The Bertz CT molecular complexity index is 803. The summed E-state index contributed by atoms with van der Waals surface area (Å²) in [5, 5.41) is 10.1. The lowest BCUT2D eigenvalue weighted by Crippen LogP contribution is -1.97. The summed E-state index contributed by atoms with van der Waals surface area (Å²) in [5.41, 5.74) is 4.88. The molecule has 3 N–H and O–H groups in total. The smallest absolute Gasteiger partial charge is 0.504 e. The summed E-state index contributed by atoms with van der Waals surface area (Å²) in [5.74, 6) is -0.506. The third-order valence-electron chi connectivity index (χ3n) is 3.72. The Morgan fingerprint density at radius 1 is 1.13 bits per heavy atom. The van der Waals surface area contributed by atoms with E-state index in [4.69, 9.17) is 9.79 Å². The minimum Gasteiger partial charge on any atom is -0.504 e. The first-order valence-corrected chi connectivity index (χ1v) is 8.48. The molecule has 2 rings (SSSR count). The van der Waals surface area contributed by atoms with Gasteiger partial charge in [0.2, 0.25) is 0 Å². The first kappa shape index (κ1) is 17.3. The minimum atomic E-state index is -4.74. The second-order valence-corrected chi connectivity index (χ2v) is 6.63. The van der Waals surface area contributed by atoms with Crippen LogP contribution in [0.4, 0.5) is 0 Å². The van der Waals surface area contributed by atoms with Gasteiger partial charge in [0.15, 0.2) is 11.5 Å². The maximum atomic E-state index is 11.0. The highest BCUT2D eigenvalue weighted by atomic mass is 31.2. The van der Waals surface area contributed by atoms with Crippen molar-refractivity contribution in [1.29, 1.82) is 0 Å². The maximum Gasteiger partial charge on any atom is 0.524 e. The van der Waals surface area contributed by atoms with Crippen LogP contribution in [-0.2, 0) is 4.57 Å². The molecule has 0 spiro atoms. The molecule has 0 aromatic heterocycles. The molecule has 0 aliphatic rings. The van der Waals surface area contributed by atoms with Crippen molar-refractivity contribution in [2.24, 2.45) is 0 Å². The van der Waals surface area contributed by atoms with Crippen molar-refractivity contribution in [3.05, 3.63) is 53.6 Å². The maximum absolute atomic E-state index is 11.0. The van der Waals surface area contributed by atoms with Crippen molar-refractivity contribution in [2.75, 3.05) is 0 Å². The van der Waals surface area contributed by atoms with Gasteiger partial charge in [0.05, 0.1) is 0 Å². The molecule has 0 heterocycles. The zero-order valence-corrected chi connectivity index (χ0v) is 14.1. The molecule has 5 nitrogen and oxygen atoms in total. The second-order valence-electron chi connectivity index (χ2n) is 5.46. The standard InChI is InChI=1S/C17H19O5P/c1-10(2)13-5-7-14(8-6-13)15-9-16(18)17(12(4)11(15)3)22-23(19,20)21/h5-9,18H,1H2,2-4H3,(H2,19,20,21). The van der Waals surface area contributed by atoms with Crippen LogP contribution in [0.1, 0.15) is 23.6 Å². The van der Waals surface area contributed by atoms with Crippen LogP contribution in [0.15, 0.2) is 36.9 Å². The van der Waals surface area contributed by atoms with Crippen LogP contribution in [0.2, 0.25) is 0 Å². The molecule has 0 bridgehead atoms. The number of allylic oxidation sites excluding steroid dienone is 1. The van der Waals surface area contributed by atoms with Crippen molar-refractivity contribution in [3.8, 4) is 22.6 Å². The summed E-state index contributed by atoms with van der Waals surface area (Å²) in [6.45, 7) is 9.26. The van der Waals surface area contributed by atoms with Gasteiger partial charge in [-0.2, -0.15) is 0 Å². The Balaban J connectivity index is 2.53. The quantitative estimate of drug-likeness (QED) is 0.730. The third kappa shape index (κ3) is 3.82. The highest BCUT2D eigenvalue weighted by Gasteiger charge is 2.22. The van der Waals surface area contributed by atoms with E-state index in [1.165, 1.54) is 6.07 Å². The van der Waals surface area contributed by atoms with Gasteiger partial charge in [-0.05, 0) is 54.7 Å². The monoisotopic (exact) mass is 334 g/mol. The lowest BCUT2D eigenvalue weighted by Gasteiger charge is -2.17. The SMILES string of the molecule is C=C(C)c1ccc(-c2cc(O)c(OP(=O)(O)O)c(C)c2C)cc1. The number of phosphoric acid groups is 1. The van der Waals surface area contributed by atoms with Crippen LogP contribution in [0.5, 0.6) is 11.5 Å².